The van der Waals surface area contributed by atoms with Gasteiger partial charge in [-0.25, -0.2) is 0 Å². The van der Waals surface area contributed by atoms with E-state index in [9.17, 15) is 9.83 Å². The van der Waals surface area contributed by atoms with Crippen LogP contribution < -0.4 is 20.7 Å². The number of aromatic amines is 1. The molecule has 0 amide bonds. The molecule has 1 saturated heterocycles. The number of rotatable bonds is 6. The summed E-state index contributed by atoms with van der Waals surface area (Å²) in [7, 11) is -0.858. The minimum atomic E-state index is -2.42. The molecule has 1 atom stereocenters. The van der Waals surface area contributed by atoms with Gasteiger partial charge in [-0.2, -0.15) is 15.2 Å². The fraction of sp³-hybridized carbons (Fsp3) is 0.350. The molecule has 1 aliphatic heterocycles. The third kappa shape index (κ3) is 3.97. The summed E-state index contributed by atoms with van der Waals surface area (Å²) in [6, 6.07) is 7.66. The number of hydrogen-bond acceptors (Lipinski definition) is 8. The molecule has 0 spiro atoms. The molecular weight excluding hydrogens is 403 g/mol. The number of hydrogen-bond donors (Lipinski definition) is 3. The molecule has 10 heteroatoms. The summed E-state index contributed by atoms with van der Waals surface area (Å²) in [4.78, 5) is 12.2. The van der Waals surface area contributed by atoms with Gasteiger partial charge in [-0.3, -0.25) is 0 Å². The number of fused-ring (bicyclic) bond motifs is 1. The van der Waals surface area contributed by atoms with Crippen LogP contribution in [0.3, 0.4) is 0 Å². The van der Waals surface area contributed by atoms with Gasteiger partial charge < -0.3 is 29.7 Å². The number of nitrogens with zero attached hydrogens (tertiary/aromatic N) is 3. The molecule has 0 saturated carbocycles. The summed E-state index contributed by atoms with van der Waals surface area (Å²) < 4.78 is 23.3. The number of aromatic nitrogens is 3. The molecule has 2 aromatic heterocycles. The normalized spacial score (nSPS) is 16.4. The molecule has 156 valence electrons. The van der Waals surface area contributed by atoms with Crippen LogP contribution in [0.1, 0.15) is 12.0 Å². The van der Waals surface area contributed by atoms with E-state index >= 15 is 0 Å². The van der Waals surface area contributed by atoms with Gasteiger partial charge in [-0.15, -0.1) is 0 Å². The quantitative estimate of drug-likeness (QED) is 0.514. The summed E-state index contributed by atoms with van der Waals surface area (Å²) in [6.07, 6.45) is 2.48. The molecule has 1 aromatic carbocycles. The maximum Gasteiger partial charge on any atom is 0.231 e. The van der Waals surface area contributed by atoms with Crippen LogP contribution in [0.5, 0.6) is 5.75 Å². The lowest BCUT2D eigenvalue weighted by atomic mass is 10.2. The Hall–Kier alpha value is -3.08. The van der Waals surface area contributed by atoms with Crippen LogP contribution in [0.25, 0.3) is 11.0 Å². The Morgan fingerprint density at radius 1 is 1.37 bits per heavy atom. The van der Waals surface area contributed by atoms with E-state index < -0.39 is 7.14 Å². The summed E-state index contributed by atoms with van der Waals surface area (Å²) >= 11 is 0. The highest BCUT2D eigenvalue weighted by Gasteiger charge is 2.21. The number of benzene rings is 1. The maximum atomic E-state index is 12.4. The van der Waals surface area contributed by atoms with Gasteiger partial charge in [-0.1, -0.05) is 0 Å². The van der Waals surface area contributed by atoms with E-state index in [1.807, 2.05) is 6.07 Å². The minimum absolute atomic E-state index is 0.120. The average molecular weight is 426 g/mol. The molecule has 1 aliphatic rings. The molecule has 0 aliphatic carbocycles. The van der Waals surface area contributed by atoms with Gasteiger partial charge in [0.25, 0.3) is 0 Å². The van der Waals surface area contributed by atoms with Crippen molar-refractivity contribution >= 4 is 40.9 Å². The van der Waals surface area contributed by atoms with Crippen molar-refractivity contribution in [3.8, 4) is 11.8 Å². The van der Waals surface area contributed by atoms with Crippen LogP contribution >= 0.6 is 7.14 Å². The molecule has 0 unspecified atom stereocenters. The Balaban J connectivity index is 1.73. The molecular formula is C20H23N6O3P. The van der Waals surface area contributed by atoms with E-state index in [2.05, 4.69) is 31.7 Å². The van der Waals surface area contributed by atoms with Gasteiger partial charge >= 0.3 is 0 Å². The Morgan fingerprint density at radius 3 is 2.87 bits per heavy atom. The number of ether oxygens (including phenoxy) is 2. The second-order valence-corrected chi connectivity index (χ2v) is 10.7. The molecule has 4 rings (SSSR count). The molecule has 0 radical (unpaired) electrons. The van der Waals surface area contributed by atoms with Crippen molar-refractivity contribution < 1.29 is 14.0 Å². The lowest BCUT2D eigenvalue weighted by Crippen LogP contribution is -2.20. The van der Waals surface area contributed by atoms with E-state index in [0.717, 1.165) is 11.7 Å². The highest BCUT2D eigenvalue weighted by atomic mass is 31.2. The summed E-state index contributed by atoms with van der Waals surface area (Å²) in [5.41, 5.74) is 1.67. The second-order valence-electron chi connectivity index (χ2n) is 7.50. The van der Waals surface area contributed by atoms with E-state index in [0.29, 0.717) is 53.0 Å². The van der Waals surface area contributed by atoms with Crippen LogP contribution in [-0.2, 0) is 9.30 Å². The van der Waals surface area contributed by atoms with Gasteiger partial charge in [0, 0.05) is 18.1 Å². The first kappa shape index (κ1) is 20.2. The van der Waals surface area contributed by atoms with Crippen LogP contribution in [-0.4, -0.2) is 54.6 Å². The highest BCUT2D eigenvalue weighted by molar-refractivity contribution is 7.70. The van der Waals surface area contributed by atoms with Crippen LogP contribution in [0.2, 0.25) is 0 Å². The SMILES string of the molecule is COc1cc(P(C)(C)=O)ccc1Nc1nc(N[C@@H]2CCOC2)c2c(C#N)c[nH]c2n1. The summed E-state index contributed by atoms with van der Waals surface area (Å²) in [6.45, 7) is 4.71. The predicted octanol–water partition coefficient (Wildman–Crippen LogP) is 3.03. The lowest BCUT2D eigenvalue weighted by molar-refractivity contribution is 0.195. The Kier molecular flexibility index (Phi) is 5.37. The third-order valence-corrected chi connectivity index (χ3v) is 6.50. The molecule has 3 N–H and O–H groups in total. The minimum Gasteiger partial charge on any atom is -0.495 e. The number of anilines is 3. The van der Waals surface area contributed by atoms with Crippen molar-refractivity contribution in [1.82, 2.24) is 15.0 Å². The van der Waals surface area contributed by atoms with Crippen LogP contribution in [0.15, 0.2) is 24.4 Å². The number of methoxy groups -OCH3 is 1. The maximum absolute atomic E-state index is 12.4. The molecule has 1 fully saturated rings. The fourth-order valence-corrected chi connectivity index (χ4v) is 4.22. The fourth-order valence-electron chi connectivity index (χ4n) is 3.36. The Bertz CT molecular complexity index is 1170. The van der Waals surface area contributed by atoms with Crippen LogP contribution in [0.4, 0.5) is 17.5 Å². The van der Waals surface area contributed by atoms with E-state index in [-0.39, 0.29) is 6.04 Å². The topological polar surface area (TPSA) is 125 Å². The van der Waals surface area contributed by atoms with E-state index in [4.69, 9.17) is 9.47 Å². The van der Waals surface area contributed by atoms with Crippen molar-refractivity contribution in [2.45, 2.75) is 12.5 Å². The molecule has 30 heavy (non-hydrogen) atoms. The van der Waals surface area contributed by atoms with Crippen molar-refractivity contribution in [2.75, 3.05) is 44.3 Å². The van der Waals surface area contributed by atoms with E-state index in [1.54, 1.807) is 38.8 Å². The zero-order valence-electron chi connectivity index (χ0n) is 17.0. The summed E-state index contributed by atoms with van der Waals surface area (Å²) in [5.74, 6) is 1.46. The second kappa shape index (κ2) is 7.98. The number of nitrogens with one attached hydrogen (secondary N) is 3. The molecule has 3 aromatic rings. The predicted molar refractivity (Wildman–Crippen MR) is 117 cm³/mol. The van der Waals surface area contributed by atoms with Crippen molar-refractivity contribution in [1.29, 1.82) is 5.26 Å². The zero-order valence-corrected chi connectivity index (χ0v) is 17.9. The molecule has 3 heterocycles. The highest BCUT2D eigenvalue weighted by Crippen LogP contribution is 2.38. The van der Waals surface area contributed by atoms with Gasteiger partial charge in [-0.05, 0) is 37.9 Å². The van der Waals surface area contributed by atoms with Crippen molar-refractivity contribution in [3.05, 3.63) is 30.0 Å². The number of H-pyrrole nitrogens is 1. The first-order chi connectivity index (χ1) is 14.4. The van der Waals surface area contributed by atoms with Gasteiger partial charge in [0.15, 0.2) is 0 Å². The van der Waals surface area contributed by atoms with Gasteiger partial charge in [0.2, 0.25) is 5.95 Å². The molecule has 0 bridgehead atoms. The van der Waals surface area contributed by atoms with E-state index in [1.165, 1.54) is 0 Å². The van der Waals surface area contributed by atoms with Crippen LogP contribution in [0, 0.1) is 11.3 Å². The summed E-state index contributed by atoms with van der Waals surface area (Å²) in [5, 5.41) is 17.4. The van der Waals surface area contributed by atoms with Crippen molar-refractivity contribution in [3.63, 3.8) is 0 Å². The zero-order chi connectivity index (χ0) is 21.3. The monoisotopic (exact) mass is 426 g/mol. The van der Waals surface area contributed by atoms with Crippen molar-refractivity contribution in [2.24, 2.45) is 0 Å². The first-order valence-corrected chi connectivity index (χ1v) is 12.1. The van der Waals surface area contributed by atoms with Gasteiger partial charge in [0.1, 0.15) is 30.4 Å². The Morgan fingerprint density at radius 2 is 2.20 bits per heavy atom. The largest absolute Gasteiger partial charge is 0.495 e. The number of nitriles is 1. The average Bonchev–Trinajstić information content (AvgIpc) is 3.37. The Labute approximate surface area is 174 Å². The molecule has 9 nitrogen and oxygen atoms in total. The standard InChI is InChI=1S/C20H23N6O3P/c1-28-16-8-14(30(2,3)27)4-5-15(16)24-20-25-18-17(12(9-21)10-22-18)19(26-20)23-13-6-7-29-11-13/h4-5,8,10,13H,6-7,11H2,1-3H3,(H3,22,23,24,25,26)/t13-/m1/s1. The first-order valence-electron chi connectivity index (χ1n) is 9.53. The third-order valence-electron chi connectivity index (χ3n) is 4.98. The van der Waals surface area contributed by atoms with Gasteiger partial charge in [0.05, 0.1) is 36.4 Å². The smallest absolute Gasteiger partial charge is 0.231 e. The lowest BCUT2D eigenvalue weighted by Gasteiger charge is -2.16.